The van der Waals surface area contributed by atoms with Crippen LogP contribution < -0.4 is 21.3 Å². The van der Waals surface area contributed by atoms with Gasteiger partial charge in [0.1, 0.15) is 25.3 Å². The van der Waals surface area contributed by atoms with Crippen molar-refractivity contribution in [2.45, 2.75) is 58.9 Å². The lowest BCUT2D eigenvalue weighted by atomic mass is 10.1. The Kier molecular flexibility index (Phi) is 11.8. The quantitative estimate of drug-likeness (QED) is 0.231. The summed E-state index contributed by atoms with van der Waals surface area (Å²) in [6, 6.07) is 4.74. The van der Waals surface area contributed by atoms with Crippen LogP contribution in [0.1, 0.15) is 40.2 Å². The summed E-state index contributed by atoms with van der Waals surface area (Å²) in [6.45, 7) is 6.61. The molecule has 1 aromatic carbocycles. The Balaban J connectivity index is 2.39. The summed E-state index contributed by atoms with van der Waals surface area (Å²) >= 11 is 0. The van der Waals surface area contributed by atoms with Crippen LogP contribution in [0.25, 0.3) is 0 Å². The predicted octanol–water partition coefficient (Wildman–Crippen LogP) is -0.399. The monoisotopic (exact) mass is 494 g/mol. The second-order valence-corrected chi connectivity index (χ2v) is 8.47. The third-order valence-electron chi connectivity index (χ3n) is 4.60. The van der Waals surface area contributed by atoms with Gasteiger partial charge in [-0.15, -0.1) is 0 Å². The Morgan fingerprint density at radius 3 is 2.11 bits per heavy atom. The van der Waals surface area contributed by atoms with Gasteiger partial charge < -0.3 is 35.8 Å². The highest BCUT2D eigenvalue weighted by molar-refractivity contribution is 5.96. The zero-order chi connectivity index (χ0) is 26.6. The fourth-order valence-corrected chi connectivity index (χ4v) is 2.45. The smallest absolute Gasteiger partial charge is 0.302 e. The molecular weight excluding hydrogens is 460 g/mol. The van der Waals surface area contributed by atoms with E-state index in [2.05, 4.69) is 21.3 Å². The molecule has 0 heterocycles. The second kappa shape index (κ2) is 14.0. The normalized spacial score (nSPS) is 12.6. The lowest BCUT2D eigenvalue weighted by molar-refractivity contribution is -0.142. The third kappa shape index (κ3) is 12.0. The Labute approximate surface area is 204 Å². The number of rotatable bonds is 13. The predicted molar refractivity (Wildman–Crippen MR) is 126 cm³/mol. The first kappa shape index (κ1) is 29.5. The van der Waals surface area contributed by atoms with Crippen molar-refractivity contribution < 1.29 is 38.6 Å². The van der Waals surface area contributed by atoms with E-state index >= 15 is 0 Å². The van der Waals surface area contributed by atoms with Crippen LogP contribution in [0.5, 0.6) is 0 Å². The molecule has 0 radical (unpaired) electrons. The molecule has 0 aliphatic carbocycles. The lowest BCUT2D eigenvalue weighted by Crippen LogP contribution is -2.53. The van der Waals surface area contributed by atoms with Gasteiger partial charge in [0.15, 0.2) is 0 Å². The number of hydrogen-bond donors (Lipinski definition) is 5. The molecule has 194 valence electrons. The first-order valence-electron chi connectivity index (χ1n) is 11.0. The first-order chi connectivity index (χ1) is 16.3. The van der Waals surface area contributed by atoms with Gasteiger partial charge in [-0.05, 0) is 45.4 Å². The fourth-order valence-electron chi connectivity index (χ4n) is 2.45. The van der Waals surface area contributed by atoms with E-state index in [9.17, 15) is 24.0 Å². The van der Waals surface area contributed by atoms with Crippen molar-refractivity contribution in [2.24, 2.45) is 0 Å². The highest BCUT2D eigenvalue weighted by atomic mass is 16.5. The third-order valence-corrected chi connectivity index (χ3v) is 4.60. The van der Waals surface area contributed by atoms with E-state index in [4.69, 9.17) is 14.6 Å². The van der Waals surface area contributed by atoms with Crippen LogP contribution in [0.4, 0.5) is 5.69 Å². The van der Waals surface area contributed by atoms with E-state index < -0.39 is 47.3 Å². The summed E-state index contributed by atoms with van der Waals surface area (Å²) in [5.74, 6) is -2.60. The number of nitrogens with one attached hydrogen (secondary N) is 4. The molecule has 1 rings (SSSR count). The van der Waals surface area contributed by atoms with Crippen LogP contribution in [0, 0.1) is 0 Å². The molecule has 1 unspecified atom stereocenters. The lowest BCUT2D eigenvalue weighted by Gasteiger charge is -2.23. The minimum absolute atomic E-state index is 0.126. The second-order valence-electron chi connectivity index (χ2n) is 8.47. The average molecular weight is 495 g/mol. The van der Waals surface area contributed by atoms with E-state index in [0.29, 0.717) is 5.69 Å². The van der Waals surface area contributed by atoms with Crippen molar-refractivity contribution in [1.29, 1.82) is 0 Å². The van der Waals surface area contributed by atoms with Crippen molar-refractivity contribution >= 4 is 35.3 Å². The summed E-state index contributed by atoms with van der Waals surface area (Å²) in [4.78, 5) is 59.3. The van der Waals surface area contributed by atoms with Crippen LogP contribution in [-0.4, -0.2) is 72.1 Å². The molecule has 12 nitrogen and oxygen atoms in total. The Morgan fingerprint density at radius 2 is 1.54 bits per heavy atom. The molecule has 5 N–H and O–H groups in total. The zero-order valence-electron chi connectivity index (χ0n) is 20.6. The van der Waals surface area contributed by atoms with Gasteiger partial charge in [-0.25, -0.2) is 0 Å². The molecular formula is C23H34N4O8. The first-order valence-corrected chi connectivity index (χ1v) is 11.0. The van der Waals surface area contributed by atoms with Crippen molar-refractivity contribution in [3.05, 3.63) is 29.8 Å². The molecule has 0 bridgehead atoms. The van der Waals surface area contributed by atoms with Gasteiger partial charge in [-0.1, -0.05) is 12.1 Å². The number of ether oxygens (including phenoxy) is 2. The molecule has 0 saturated carbocycles. The number of carbonyl (C=O) groups is 5. The van der Waals surface area contributed by atoms with Crippen molar-refractivity contribution in [2.75, 3.05) is 25.1 Å². The number of amides is 4. The van der Waals surface area contributed by atoms with Crippen molar-refractivity contribution in [3.8, 4) is 0 Å². The van der Waals surface area contributed by atoms with E-state index in [0.717, 1.165) is 5.56 Å². The van der Waals surface area contributed by atoms with Gasteiger partial charge >= 0.3 is 5.97 Å². The van der Waals surface area contributed by atoms with Crippen molar-refractivity contribution in [3.63, 3.8) is 0 Å². The van der Waals surface area contributed by atoms with Crippen molar-refractivity contribution in [1.82, 2.24) is 16.0 Å². The Hall–Kier alpha value is -3.51. The van der Waals surface area contributed by atoms with Crippen LogP contribution in [0.3, 0.4) is 0 Å². The fraction of sp³-hybridized carbons (Fsp3) is 0.522. The molecule has 0 spiro atoms. The van der Waals surface area contributed by atoms with Gasteiger partial charge in [-0.2, -0.15) is 0 Å². The highest BCUT2D eigenvalue weighted by Gasteiger charge is 2.23. The van der Waals surface area contributed by atoms with E-state index in [1.54, 1.807) is 38.1 Å². The number of benzene rings is 1. The number of hydrogen-bond acceptors (Lipinski definition) is 8. The summed E-state index contributed by atoms with van der Waals surface area (Å²) in [5.41, 5.74) is 0.354. The highest BCUT2D eigenvalue weighted by Crippen LogP contribution is 2.10. The molecule has 4 amide bonds. The van der Waals surface area contributed by atoms with E-state index in [1.165, 1.54) is 20.8 Å². The van der Waals surface area contributed by atoms with E-state index in [1.807, 2.05) is 0 Å². The summed E-state index contributed by atoms with van der Waals surface area (Å²) < 4.78 is 10.1. The van der Waals surface area contributed by atoms with Gasteiger partial charge in [0, 0.05) is 12.6 Å². The standard InChI is InChI=1S/C23H34N4O8/c1-14(26-22(33)15(2)25-20(31)12-35-23(4,5)13-28)21(32)24-10-19(30)27-18-8-6-17(7-9-18)11-34-16(3)29/h6-9,14-15,28H,10-13H2,1-5H3,(H,24,32)(H,25,31)(H,26,33)(H,27,30)/t14-,15?/m1/s1. The average Bonchev–Trinajstić information content (AvgIpc) is 2.80. The molecule has 0 aliphatic rings. The zero-order valence-corrected chi connectivity index (χ0v) is 20.6. The van der Waals surface area contributed by atoms with E-state index in [-0.39, 0.29) is 26.4 Å². The largest absolute Gasteiger partial charge is 0.461 e. The van der Waals surface area contributed by atoms with Gasteiger partial charge in [0.2, 0.25) is 23.6 Å². The molecule has 0 aliphatic heterocycles. The topological polar surface area (TPSA) is 172 Å². The number of carbonyl (C=O) groups excluding carboxylic acids is 5. The maximum absolute atomic E-state index is 12.2. The number of aliphatic hydroxyl groups is 1. The number of aliphatic hydroxyl groups excluding tert-OH is 1. The Bertz CT molecular complexity index is 901. The molecule has 2 atom stereocenters. The van der Waals surface area contributed by atoms with Crippen LogP contribution in [0.2, 0.25) is 0 Å². The molecule has 0 saturated heterocycles. The molecule has 0 fully saturated rings. The maximum Gasteiger partial charge on any atom is 0.302 e. The molecule has 1 aromatic rings. The van der Waals surface area contributed by atoms with Crippen LogP contribution in [0.15, 0.2) is 24.3 Å². The minimum Gasteiger partial charge on any atom is -0.461 e. The van der Waals surface area contributed by atoms with Crippen LogP contribution >= 0.6 is 0 Å². The van der Waals surface area contributed by atoms with Crippen LogP contribution in [-0.2, 0) is 40.1 Å². The molecule has 0 aromatic heterocycles. The SMILES string of the molecule is CC(=O)OCc1ccc(NC(=O)CNC(=O)[C@@H](C)NC(=O)C(C)NC(=O)COC(C)(C)CO)cc1. The summed E-state index contributed by atoms with van der Waals surface area (Å²) in [6.07, 6.45) is 0. The minimum atomic E-state index is -0.959. The molecule has 12 heteroatoms. The summed E-state index contributed by atoms with van der Waals surface area (Å²) in [7, 11) is 0. The number of esters is 1. The molecule has 35 heavy (non-hydrogen) atoms. The van der Waals surface area contributed by atoms with Gasteiger partial charge in [-0.3, -0.25) is 24.0 Å². The Morgan fingerprint density at radius 1 is 0.943 bits per heavy atom. The van der Waals surface area contributed by atoms with Gasteiger partial charge in [0.05, 0.1) is 18.8 Å². The van der Waals surface area contributed by atoms with Gasteiger partial charge in [0.25, 0.3) is 0 Å². The summed E-state index contributed by atoms with van der Waals surface area (Å²) in [5, 5.41) is 19.0. The number of anilines is 1. The maximum atomic E-state index is 12.2.